The smallest absolute Gasteiger partial charge is 0.142 e. The molecule has 0 N–H and O–H groups in total. The van der Waals surface area contributed by atoms with E-state index in [4.69, 9.17) is 0 Å². The molecule has 0 spiro atoms. The summed E-state index contributed by atoms with van der Waals surface area (Å²) in [5, 5.41) is 0. The lowest BCUT2D eigenvalue weighted by Crippen LogP contribution is -2.39. The zero-order valence-corrected chi connectivity index (χ0v) is 12.8. The largest absolute Gasteiger partial charge is 0.355 e. The number of nitrogens with zero attached hydrogens (tertiary/aromatic N) is 2. The molecule has 2 nitrogen and oxygen atoms in total. The lowest BCUT2D eigenvalue weighted by atomic mass is 9.92. The van der Waals surface area contributed by atoms with Crippen molar-refractivity contribution in [2.75, 3.05) is 18.0 Å². The number of pyridine rings is 1. The van der Waals surface area contributed by atoms with Crippen LogP contribution in [0, 0.1) is 11.8 Å². The SMILES string of the molecule is CC1CC(C)CN(c2ncc(Br)cc2Br)C1. The molecule has 0 aliphatic carbocycles. The highest BCUT2D eigenvalue weighted by atomic mass is 79.9. The molecule has 0 radical (unpaired) electrons. The molecule has 16 heavy (non-hydrogen) atoms. The van der Waals surface area contributed by atoms with Crippen LogP contribution in [0.2, 0.25) is 0 Å². The molecule has 88 valence electrons. The highest BCUT2D eigenvalue weighted by molar-refractivity contribution is 9.11. The molecule has 1 aliphatic rings. The van der Waals surface area contributed by atoms with Crippen LogP contribution in [0.1, 0.15) is 20.3 Å². The molecule has 1 aromatic rings. The van der Waals surface area contributed by atoms with E-state index in [1.165, 1.54) is 6.42 Å². The fourth-order valence-electron chi connectivity index (χ4n) is 2.48. The Bertz CT molecular complexity index is 371. The maximum Gasteiger partial charge on any atom is 0.142 e. The quantitative estimate of drug-likeness (QED) is 0.760. The summed E-state index contributed by atoms with van der Waals surface area (Å²) < 4.78 is 2.09. The maximum atomic E-state index is 4.50. The van der Waals surface area contributed by atoms with E-state index in [1.807, 2.05) is 6.20 Å². The standard InChI is InChI=1S/C12H16Br2N2/c1-8-3-9(2)7-16(6-8)12-11(14)4-10(13)5-15-12/h4-5,8-9H,3,6-7H2,1-2H3. The van der Waals surface area contributed by atoms with Gasteiger partial charge in [-0.3, -0.25) is 0 Å². The predicted molar refractivity (Wildman–Crippen MR) is 74.8 cm³/mol. The zero-order chi connectivity index (χ0) is 11.7. The van der Waals surface area contributed by atoms with Gasteiger partial charge in [-0.1, -0.05) is 13.8 Å². The molecule has 2 unspecified atom stereocenters. The van der Waals surface area contributed by atoms with Crippen molar-refractivity contribution in [3.63, 3.8) is 0 Å². The van der Waals surface area contributed by atoms with Crippen molar-refractivity contribution in [3.05, 3.63) is 21.2 Å². The first-order chi connectivity index (χ1) is 7.56. The van der Waals surface area contributed by atoms with Gasteiger partial charge in [-0.05, 0) is 56.2 Å². The van der Waals surface area contributed by atoms with Gasteiger partial charge in [0, 0.05) is 23.8 Å². The van der Waals surface area contributed by atoms with Crippen LogP contribution in [0.4, 0.5) is 5.82 Å². The number of rotatable bonds is 1. The average Bonchev–Trinajstić information content (AvgIpc) is 2.15. The summed E-state index contributed by atoms with van der Waals surface area (Å²) in [6.45, 7) is 6.85. The van der Waals surface area contributed by atoms with Gasteiger partial charge in [-0.15, -0.1) is 0 Å². The van der Waals surface area contributed by atoms with Crippen molar-refractivity contribution in [2.24, 2.45) is 11.8 Å². The van der Waals surface area contributed by atoms with Gasteiger partial charge in [0.15, 0.2) is 0 Å². The van der Waals surface area contributed by atoms with Gasteiger partial charge < -0.3 is 4.90 Å². The van der Waals surface area contributed by atoms with Gasteiger partial charge in [0.1, 0.15) is 5.82 Å². The van der Waals surface area contributed by atoms with E-state index in [0.29, 0.717) is 0 Å². The summed E-state index contributed by atoms with van der Waals surface area (Å²) in [7, 11) is 0. The van der Waals surface area contributed by atoms with Gasteiger partial charge in [0.2, 0.25) is 0 Å². The summed E-state index contributed by atoms with van der Waals surface area (Å²) in [6, 6.07) is 2.06. The Hall–Kier alpha value is -0.0900. The monoisotopic (exact) mass is 346 g/mol. The minimum absolute atomic E-state index is 0.751. The van der Waals surface area contributed by atoms with Crippen molar-refractivity contribution in [2.45, 2.75) is 20.3 Å². The highest BCUT2D eigenvalue weighted by Gasteiger charge is 2.23. The van der Waals surface area contributed by atoms with Crippen LogP contribution in [0.15, 0.2) is 21.2 Å². The van der Waals surface area contributed by atoms with Gasteiger partial charge in [0.25, 0.3) is 0 Å². The first-order valence-electron chi connectivity index (χ1n) is 5.62. The van der Waals surface area contributed by atoms with E-state index in [0.717, 1.165) is 39.7 Å². The summed E-state index contributed by atoms with van der Waals surface area (Å²) in [6.07, 6.45) is 3.19. The first-order valence-corrected chi connectivity index (χ1v) is 7.21. The molecule has 1 fully saturated rings. The topological polar surface area (TPSA) is 16.1 Å². The average molecular weight is 348 g/mol. The van der Waals surface area contributed by atoms with E-state index in [2.05, 4.69) is 61.7 Å². The Labute approximate surface area is 114 Å². The minimum Gasteiger partial charge on any atom is -0.355 e. The van der Waals surface area contributed by atoms with Crippen LogP contribution < -0.4 is 4.90 Å². The predicted octanol–water partition coefficient (Wildman–Crippen LogP) is 4.09. The lowest BCUT2D eigenvalue weighted by Gasteiger charge is -2.36. The van der Waals surface area contributed by atoms with Gasteiger partial charge in [-0.2, -0.15) is 0 Å². The molecule has 4 heteroatoms. The number of hydrogen-bond donors (Lipinski definition) is 0. The third-order valence-electron chi connectivity index (χ3n) is 2.96. The third-order valence-corrected chi connectivity index (χ3v) is 3.97. The molecular weight excluding hydrogens is 332 g/mol. The Morgan fingerprint density at radius 2 is 1.88 bits per heavy atom. The molecule has 2 heterocycles. The molecule has 0 amide bonds. The van der Waals surface area contributed by atoms with Crippen LogP contribution in [0.5, 0.6) is 0 Å². The summed E-state index contributed by atoms with van der Waals surface area (Å²) in [5.41, 5.74) is 0. The fourth-order valence-corrected chi connectivity index (χ4v) is 3.71. The minimum atomic E-state index is 0.751. The first kappa shape index (κ1) is 12.4. The second kappa shape index (κ2) is 5.05. The number of hydrogen-bond acceptors (Lipinski definition) is 2. The summed E-state index contributed by atoms with van der Waals surface area (Å²) >= 11 is 7.02. The van der Waals surface area contributed by atoms with Crippen molar-refractivity contribution < 1.29 is 0 Å². The zero-order valence-electron chi connectivity index (χ0n) is 9.58. The normalized spacial score (nSPS) is 25.9. The molecule has 1 saturated heterocycles. The Kier molecular flexibility index (Phi) is 3.90. The van der Waals surface area contributed by atoms with E-state index >= 15 is 0 Å². The van der Waals surface area contributed by atoms with Crippen LogP contribution in [-0.4, -0.2) is 18.1 Å². The Balaban J connectivity index is 2.23. The van der Waals surface area contributed by atoms with Crippen molar-refractivity contribution in [1.29, 1.82) is 0 Å². The third kappa shape index (κ3) is 2.77. The van der Waals surface area contributed by atoms with Crippen LogP contribution in [-0.2, 0) is 0 Å². The summed E-state index contributed by atoms with van der Waals surface area (Å²) in [5.74, 6) is 2.57. The molecule has 0 saturated carbocycles. The van der Waals surface area contributed by atoms with E-state index < -0.39 is 0 Å². The van der Waals surface area contributed by atoms with E-state index in [-0.39, 0.29) is 0 Å². The molecule has 2 rings (SSSR count). The second-order valence-electron chi connectivity index (χ2n) is 4.81. The molecule has 1 aromatic heterocycles. The van der Waals surface area contributed by atoms with Crippen molar-refractivity contribution in [3.8, 4) is 0 Å². The molecular formula is C12H16Br2N2. The number of halogens is 2. The van der Waals surface area contributed by atoms with Gasteiger partial charge in [-0.25, -0.2) is 4.98 Å². The van der Waals surface area contributed by atoms with Crippen LogP contribution >= 0.6 is 31.9 Å². The number of aromatic nitrogens is 1. The Morgan fingerprint density at radius 1 is 1.25 bits per heavy atom. The van der Waals surface area contributed by atoms with Crippen LogP contribution in [0.3, 0.4) is 0 Å². The fraction of sp³-hybridized carbons (Fsp3) is 0.583. The molecule has 2 atom stereocenters. The summed E-state index contributed by atoms with van der Waals surface area (Å²) in [4.78, 5) is 6.89. The second-order valence-corrected chi connectivity index (χ2v) is 6.58. The van der Waals surface area contributed by atoms with Gasteiger partial charge in [0.05, 0.1) is 4.47 Å². The number of anilines is 1. The maximum absolute atomic E-state index is 4.50. The molecule has 0 bridgehead atoms. The van der Waals surface area contributed by atoms with Crippen molar-refractivity contribution >= 4 is 37.7 Å². The molecule has 1 aliphatic heterocycles. The molecule has 0 aromatic carbocycles. The van der Waals surface area contributed by atoms with Crippen molar-refractivity contribution in [1.82, 2.24) is 4.98 Å². The Morgan fingerprint density at radius 3 is 2.44 bits per heavy atom. The van der Waals surface area contributed by atoms with E-state index in [1.54, 1.807) is 0 Å². The lowest BCUT2D eigenvalue weighted by molar-refractivity contribution is 0.355. The number of piperidine rings is 1. The van der Waals surface area contributed by atoms with Crippen LogP contribution in [0.25, 0.3) is 0 Å². The van der Waals surface area contributed by atoms with E-state index in [9.17, 15) is 0 Å². The highest BCUT2D eigenvalue weighted by Crippen LogP contribution is 2.31. The van der Waals surface area contributed by atoms with Gasteiger partial charge >= 0.3 is 0 Å².